The van der Waals surface area contributed by atoms with Crippen molar-refractivity contribution in [1.82, 2.24) is 10.2 Å². The quantitative estimate of drug-likeness (QED) is 0.696. The van der Waals surface area contributed by atoms with Crippen LogP contribution in [0.4, 0.5) is 11.4 Å². The molecule has 0 unspecified atom stereocenters. The Morgan fingerprint density at radius 2 is 1.74 bits per heavy atom. The molecule has 0 bridgehead atoms. The Labute approximate surface area is 188 Å². The first kappa shape index (κ1) is 22.6. The Bertz CT molecular complexity index is 955. The fourth-order valence-corrected chi connectivity index (χ4v) is 3.68. The molecule has 7 nitrogen and oxygen atoms in total. The molecule has 0 aromatic heterocycles. The minimum atomic E-state index is -0.310. The van der Waals surface area contributed by atoms with Crippen LogP contribution in [0.25, 0.3) is 0 Å². The van der Waals surface area contributed by atoms with Crippen LogP contribution in [0, 0.1) is 5.92 Å². The molecule has 164 valence electrons. The molecule has 0 radical (unpaired) electrons. The standard InChI is InChI=1S/C23H28N4O3S/c1-16(2)22(29)27-13-11-26(12-14-27)20-10-5-4-9-19(20)24-23(31)25-21(28)17-7-6-8-18(15-17)30-3/h4-10,15-16H,11-14H2,1-3H3,(H2,24,25,28,31). The molecule has 31 heavy (non-hydrogen) atoms. The highest BCUT2D eigenvalue weighted by atomic mass is 32.1. The summed E-state index contributed by atoms with van der Waals surface area (Å²) in [6.07, 6.45) is 0. The van der Waals surface area contributed by atoms with Gasteiger partial charge in [-0.25, -0.2) is 0 Å². The molecule has 0 spiro atoms. The molecule has 0 saturated carbocycles. The molecule has 2 aromatic carbocycles. The van der Waals surface area contributed by atoms with Crippen molar-refractivity contribution in [1.29, 1.82) is 0 Å². The van der Waals surface area contributed by atoms with Crippen molar-refractivity contribution in [3.05, 3.63) is 54.1 Å². The molecule has 0 aliphatic carbocycles. The zero-order valence-electron chi connectivity index (χ0n) is 18.1. The van der Waals surface area contributed by atoms with Crippen molar-refractivity contribution < 1.29 is 14.3 Å². The summed E-state index contributed by atoms with van der Waals surface area (Å²) in [6, 6.07) is 14.7. The van der Waals surface area contributed by atoms with Gasteiger partial charge in [-0.05, 0) is 42.5 Å². The maximum atomic E-state index is 12.5. The highest BCUT2D eigenvalue weighted by molar-refractivity contribution is 7.80. The second-order valence-corrected chi connectivity index (χ2v) is 8.03. The van der Waals surface area contributed by atoms with Crippen LogP contribution in [0.2, 0.25) is 0 Å². The maximum Gasteiger partial charge on any atom is 0.257 e. The lowest BCUT2D eigenvalue weighted by Crippen LogP contribution is -2.50. The Morgan fingerprint density at radius 1 is 1.03 bits per heavy atom. The summed E-state index contributed by atoms with van der Waals surface area (Å²) in [5.74, 6) is 0.486. The van der Waals surface area contributed by atoms with Crippen LogP contribution in [-0.2, 0) is 4.79 Å². The summed E-state index contributed by atoms with van der Waals surface area (Å²) in [5.41, 5.74) is 2.25. The highest BCUT2D eigenvalue weighted by Gasteiger charge is 2.24. The van der Waals surface area contributed by atoms with Gasteiger partial charge in [0.25, 0.3) is 5.91 Å². The monoisotopic (exact) mass is 440 g/mol. The lowest BCUT2D eigenvalue weighted by molar-refractivity contribution is -0.134. The van der Waals surface area contributed by atoms with Crippen LogP contribution >= 0.6 is 12.2 Å². The topological polar surface area (TPSA) is 73.9 Å². The van der Waals surface area contributed by atoms with Gasteiger partial charge in [-0.3, -0.25) is 14.9 Å². The van der Waals surface area contributed by atoms with Crippen LogP contribution in [0.1, 0.15) is 24.2 Å². The molecule has 2 N–H and O–H groups in total. The van der Waals surface area contributed by atoms with Crippen molar-refractivity contribution in [2.45, 2.75) is 13.8 Å². The molecule has 1 aliphatic rings. The van der Waals surface area contributed by atoms with Crippen LogP contribution in [-0.4, -0.2) is 55.1 Å². The summed E-state index contributed by atoms with van der Waals surface area (Å²) < 4.78 is 5.17. The Morgan fingerprint density at radius 3 is 2.42 bits per heavy atom. The minimum absolute atomic E-state index is 0.00562. The third-order valence-electron chi connectivity index (χ3n) is 5.14. The zero-order valence-corrected chi connectivity index (χ0v) is 18.9. The van der Waals surface area contributed by atoms with Crippen LogP contribution < -0.4 is 20.3 Å². The van der Waals surface area contributed by atoms with E-state index in [0.717, 1.165) is 24.5 Å². The van der Waals surface area contributed by atoms with Crippen LogP contribution in [0.3, 0.4) is 0 Å². The number of hydrogen-bond donors (Lipinski definition) is 2. The molecule has 1 heterocycles. The van der Waals surface area contributed by atoms with E-state index in [1.54, 1.807) is 31.4 Å². The van der Waals surface area contributed by atoms with Gasteiger partial charge in [0, 0.05) is 37.7 Å². The number of rotatable bonds is 5. The summed E-state index contributed by atoms with van der Waals surface area (Å²) in [7, 11) is 1.55. The van der Waals surface area contributed by atoms with Crippen LogP contribution in [0.15, 0.2) is 48.5 Å². The molecule has 8 heteroatoms. The van der Waals surface area contributed by atoms with E-state index in [2.05, 4.69) is 15.5 Å². The molecule has 1 fully saturated rings. The van der Waals surface area contributed by atoms with Gasteiger partial charge < -0.3 is 19.9 Å². The number of nitrogens with zero attached hydrogens (tertiary/aromatic N) is 2. The molecular formula is C23H28N4O3S. The normalized spacial score (nSPS) is 13.7. The van der Waals surface area contributed by atoms with Crippen molar-refractivity contribution in [2.24, 2.45) is 5.92 Å². The van der Waals surface area contributed by atoms with E-state index in [1.165, 1.54) is 0 Å². The summed E-state index contributed by atoms with van der Waals surface area (Å²) in [4.78, 5) is 28.9. The maximum absolute atomic E-state index is 12.5. The minimum Gasteiger partial charge on any atom is -0.497 e. The van der Waals surface area contributed by atoms with E-state index < -0.39 is 0 Å². The predicted octanol–water partition coefficient (Wildman–Crippen LogP) is 3.13. The number of amides is 2. The van der Waals surface area contributed by atoms with Crippen molar-refractivity contribution in [3.8, 4) is 5.75 Å². The summed E-state index contributed by atoms with van der Waals surface area (Å²) >= 11 is 5.37. The van der Waals surface area contributed by atoms with Gasteiger partial charge >= 0.3 is 0 Å². The van der Waals surface area contributed by atoms with Crippen molar-refractivity contribution >= 4 is 40.5 Å². The first-order valence-corrected chi connectivity index (χ1v) is 10.7. The summed E-state index contributed by atoms with van der Waals surface area (Å²) in [6.45, 7) is 6.69. The van der Waals surface area contributed by atoms with E-state index in [1.807, 2.05) is 43.0 Å². The van der Waals surface area contributed by atoms with Gasteiger partial charge in [-0.2, -0.15) is 0 Å². The SMILES string of the molecule is COc1cccc(C(=O)NC(=S)Nc2ccccc2N2CCN(C(=O)C(C)C)CC2)c1. The molecular weight excluding hydrogens is 412 g/mol. The first-order chi connectivity index (χ1) is 14.9. The number of benzene rings is 2. The van der Waals surface area contributed by atoms with E-state index in [-0.39, 0.29) is 22.8 Å². The lowest BCUT2D eigenvalue weighted by Gasteiger charge is -2.37. The fourth-order valence-electron chi connectivity index (χ4n) is 3.48. The first-order valence-electron chi connectivity index (χ1n) is 10.3. The number of carbonyl (C=O) groups is 2. The van der Waals surface area contributed by atoms with Gasteiger partial charge in [0.1, 0.15) is 5.75 Å². The average Bonchev–Trinajstić information content (AvgIpc) is 2.79. The number of methoxy groups -OCH3 is 1. The van der Waals surface area contributed by atoms with E-state index in [4.69, 9.17) is 17.0 Å². The van der Waals surface area contributed by atoms with E-state index >= 15 is 0 Å². The number of carbonyl (C=O) groups excluding carboxylic acids is 2. The lowest BCUT2D eigenvalue weighted by atomic mass is 10.1. The molecule has 2 amide bonds. The Balaban J connectivity index is 1.63. The molecule has 0 atom stereocenters. The third kappa shape index (κ3) is 5.73. The molecule has 2 aromatic rings. The van der Waals surface area contributed by atoms with Gasteiger partial charge in [-0.1, -0.05) is 32.0 Å². The second kappa shape index (κ2) is 10.3. The van der Waals surface area contributed by atoms with Crippen molar-refractivity contribution in [3.63, 3.8) is 0 Å². The summed E-state index contributed by atoms with van der Waals surface area (Å²) in [5, 5.41) is 6.07. The van der Waals surface area contributed by atoms with Crippen LogP contribution in [0.5, 0.6) is 5.75 Å². The Hall–Kier alpha value is -3.13. The number of ether oxygens (including phenoxy) is 1. The third-order valence-corrected chi connectivity index (χ3v) is 5.34. The fraction of sp³-hybridized carbons (Fsp3) is 0.348. The average molecular weight is 441 g/mol. The molecule has 1 aliphatic heterocycles. The highest BCUT2D eigenvalue weighted by Crippen LogP contribution is 2.27. The second-order valence-electron chi connectivity index (χ2n) is 7.62. The van der Waals surface area contributed by atoms with Gasteiger partial charge in [0.15, 0.2) is 5.11 Å². The van der Waals surface area contributed by atoms with Gasteiger partial charge in [0.05, 0.1) is 18.5 Å². The van der Waals surface area contributed by atoms with E-state index in [0.29, 0.717) is 24.4 Å². The number of hydrogen-bond acceptors (Lipinski definition) is 5. The van der Waals surface area contributed by atoms with Gasteiger partial charge in [0.2, 0.25) is 5.91 Å². The zero-order chi connectivity index (χ0) is 22.4. The number of para-hydroxylation sites is 2. The molecule has 3 rings (SSSR count). The smallest absolute Gasteiger partial charge is 0.257 e. The van der Waals surface area contributed by atoms with Crippen molar-refractivity contribution in [2.75, 3.05) is 43.5 Å². The van der Waals surface area contributed by atoms with Gasteiger partial charge in [-0.15, -0.1) is 0 Å². The number of thiocarbonyl (C=S) groups is 1. The number of anilines is 2. The number of nitrogens with one attached hydrogen (secondary N) is 2. The largest absolute Gasteiger partial charge is 0.497 e. The Kier molecular flexibility index (Phi) is 7.46. The predicted molar refractivity (Wildman–Crippen MR) is 127 cm³/mol. The number of piperazine rings is 1. The van der Waals surface area contributed by atoms with E-state index in [9.17, 15) is 9.59 Å². The molecule has 1 saturated heterocycles.